The van der Waals surface area contributed by atoms with Crippen LogP contribution in [0.2, 0.25) is 0 Å². The fraction of sp³-hybridized carbons (Fsp3) is 0.421. The number of nitrogens with one attached hydrogen (secondary N) is 1. The molecule has 28 heavy (non-hydrogen) atoms. The summed E-state index contributed by atoms with van der Waals surface area (Å²) in [5, 5.41) is 2.82. The van der Waals surface area contributed by atoms with Crippen LogP contribution in [-0.4, -0.2) is 71.9 Å². The quantitative estimate of drug-likeness (QED) is 0.410. The lowest BCUT2D eigenvalue weighted by atomic mass is 10.2. The van der Waals surface area contributed by atoms with Crippen LogP contribution < -0.4 is 5.32 Å². The van der Waals surface area contributed by atoms with Crippen molar-refractivity contribution in [1.29, 1.82) is 0 Å². The molecule has 0 atom stereocenters. The molecule has 0 aliphatic carbocycles. The van der Waals surface area contributed by atoms with E-state index >= 15 is 0 Å². The fourth-order valence-electron chi connectivity index (χ4n) is 2.92. The van der Waals surface area contributed by atoms with Crippen molar-refractivity contribution < 1.29 is 18.7 Å². The minimum atomic E-state index is -0.411. The number of amides is 2. The zero-order valence-corrected chi connectivity index (χ0v) is 17.0. The summed E-state index contributed by atoms with van der Waals surface area (Å²) in [5.74, 6) is -1.04. The second-order valence-corrected chi connectivity index (χ2v) is 8.12. The molecule has 2 aliphatic rings. The van der Waals surface area contributed by atoms with E-state index < -0.39 is 5.82 Å². The summed E-state index contributed by atoms with van der Waals surface area (Å²) in [6.07, 6.45) is 2.30. The number of thioether (sulfide) groups is 1. The second kappa shape index (κ2) is 10.1. The zero-order chi connectivity index (χ0) is 19.9. The molecule has 2 aliphatic heterocycles. The first kappa shape index (κ1) is 20.9. The van der Waals surface area contributed by atoms with Gasteiger partial charge in [-0.2, -0.15) is 0 Å². The molecule has 3 rings (SSSR count). The van der Waals surface area contributed by atoms with Crippen LogP contribution >= 0.6 is 24.0 Å². The molecule has 2 fully saturated rings. The largest absolute Gasteiger partial charge is 0.379 e. The summed E-state index contributed by atoms with van der Waals surface area (Å²) >= 11 is 6.30. The first-order valence-corrected chi connectivity index (χ1v) is 10.3. The smallest absolute Gasteiger partial charge is 0.266 e. The van der Waals surface area contributed by atoms with Gasteiger partial charge in [0.25, 0.3) is 5.91 Å². The van der Waals surface area contributed by atoms with Crippen LogP contribution in [0.3, 0.4) is 0 Å². The summed E-state index contributed by atoms with van der Waals surface area (Å²) in [6.45, 7) is 4.64. The minimum absolute atomic E-state index is 0.128. The van der Waals surface area contributed by atoms with Crippen molar-refractivity contribution in [3.8, 4) is 0 Å². The van der Waals surface area contributed by atoms with Crippen molar-refractivity contribution in [2.75, 3.05) is 45.9 Å². The molecule has 6 nitrogen and oxygen atoms in total. The van der Waals surface area contributed by atoms with Gasteiger partial charge in [0.1, 0.15) is 16.7 Å². The molecule has 0 radical (unpaired) electrons. The van der Waals surface area contributed by atoms with Gasteiger partial charge in [-0.3, -0.25) is 19.4 Å². The number of carbonyl (C=O) groups excluding carboxylic acids is 2. The number of benzene rings is 1. The van der Waals surface area contributed by atoms with E-state index in [1.165, 1.54) is 17.0 Å². The van der Waals surface area contributed by atoms with Gasteiger partial charge < -0.3 is 10.1 Å². The highest BCUT2D eigenvalue weighted by molar-refractivity contribution is 8.26. The molecule has 0 unspecified atom stereocenters. The number of morpholine rings is 1. The lowest BCUT2D eigenvalue weighted by Gasteiger charge is -2.26. The molecule has 9 heteroatoms. The highest BCUT2D eigenvalue weighted by Gasteiger charge is 2.33. The maximum absolute atomic E-state index is 13.8. The predicted octanol–water partition coefficient (Wildman–Crippen LogP) is 1.87. The topological polar surface area (TPSA) is 61.9 Å². The van der Waals surface area contributed by atoms with Gasteiger partial charge in [-0.1, -0.05) is 42.2 Å². The number of carbonyl (C=O) groups is 2. The molecule has 2 heterocycles. The summed E-state index contributed by atoms with van der Waals surface area (Å²) < 4.78 is 19.4. The maximum atomic E-state index is 13.8. The summed E-state index contributed by atoms with van der Waals surface area (Å²) in [4.78, 5) is 28.6. The summed E-state index contributed by atoms with van der Waals surface area (Å²) in [5.41, 5.74) is 0.315. The Kier molecular flexibility index (Phi) is 7.55. The van der Waals surface area contributed by atoms with Crippen LogP contribution in [0.15, 0.2) is 29.2 Å². The van der Waals surface area contributed by atoms with E-state index in [-0.39, 0.29) is 18.4 Å². The Morgan fingerprint density at radius 3 is 2.82 bits per heavy atom. The Balaban J connectivity index is 1.47. The van der Waals surface area contributed by atoms with E-state index in [1.54, 1.807) is 18.2 Å². The normalized spacial score (nSPS) is 19.5. The molecule has 2 saturated heterocycles. The van der Waals surface area contributed by atoms with E-state index in [9.17, 15) is 14.0 Å². The highest BCUT2D eigenvalue weighted by Crippen LogP contribution is 2.32. The molecule has 1 N–H and O–H groups in total. The van der Waals surface area contributed by atoms with Crippen molar-refractivity contribution in [3.63, 3.8) is 0 Å². The van der Waals surface area contributed by atoms with Gasteiger partial charge in [-0.15, -0.1) is 0 Å². The van der Waals surface area contributed by atoms with Crippen LogP contribution in [0.4, 0.5) is 4.39 Å². The fourth-order valence-corrected chi connectivity index (χ4v) is 4.17. The van der Waals surface area contributed by atoms with Crippen LogP contribution in [0, 0.1) is 5.82 Å². The van der Waals surface area contributed by atoms with Gasteiger partial charge in [-0.25, -0.2) is 4.39 Å². The average molecular weight is 424 g/mol. The maximum Gasteiger partial charge on any atom is 0.266 e. The van der Waals surface area contributed by atoms with Crippen molar-refractivity contribution in [1.82, 2.24) is 15.1 Å². The monoisotopic (exact) mass is 423 g/mol. The molecule has 150 valence electrons. The van der Waals surface area contributed by atoms with Crippen LogP contribution in [0.5, 0.6) is 0 Å². The Labute approximate surface area is 173 Å². The van der Waals surface area contributed by atoms with Crippen LogP contribution in [-0.2, 0) is 14.3 Å². The second-order valence-electron chi connectivity index (χ2n) is 6.45. The molecule has 1 aromatic rings. The van der Waals surface area contributed by atoms with Crippen molar-refractivity contribution in [2.45, 2.75) is 6.42 Å². The lowest BCUT2D eigenvalue weighted by Crippen LogP contribution is -2.41. The lowest BCUT2D eigenvalue weighted by molar-refractivity contribution is -0.128. The molecular weight excluding hydrogens is 401 g/mol. The van der Waals surface area contributed by atoms with Gasteiger partial charge in [0.2, 0.25) is 5.91 Å². The van der Waals surface area contributed by atoms with Gasteiger partial charge in [0, 0.05) is 25.2 Å². The number of thiocarbonyl (C=S) groups is 1. The third-order valence-corrected chi connectivity index (χ3v) is 5.82. The molecule has 0 spiro atoms. The Hall–Kier alpha value is -1.81. The predicted molar refractivity (Wildman–Crippen MR) is 111 cm³/mol. The highest BCUT2D eigenvalue weighted by atomic mass is 32.2. The van der Waals surface area contributed by atoms with E-state index in [1.807, 2.05) is 0 Å². The molecule has 1 aromatic carbocycles. The number of rotatable bonds is 7. The van der Waals surface area contributed by atoms with E-state index in [0.29, 0.717) is 21.3 Å². The Bertz CT molecular complexity index is 781. The number of halogens is 1. The average Bonchev–Trinajstić information content (AvgIpc) is 2.95. The van der Waals surface area contributed by atoms with E-state index in [0.717, 1.165) is 51.0 Å². The van der Waals surface area contributed by atoms with Gasteiger partial charge >= 0.3 is 0 Å². The van der Waals surface area contributed by atoms with Crippen LogP contribution in [0.1, 0.15) is 12.0 Å². The van der Waals surface area contributed by atoms with E-state index in [4.69, 9.17) is 17.0 Å². The van der Waals surface area contributed by atoms with Crippen molar-refractivity contribution in [3.05, 3.63) is 40.6 Å². The van der Waals surface area contributed by atoms with Gasteiger partial charge in [-0.05, 0) is 25.1 Å². The van der Waals surface area contributed by atoms with E-state index in [2.05, 4.69) is 10.2 Å². The van der Waals surface area contributed by atoms with Crippen LogP contribution in [0.25, 0.3) is 6.08 Å². The molecule has 0 aromatic heterocycles. The van der Waals surface area contributed by atoms with Gasteiger partial charge in [0.05, 0.1) is 18.1 Å². The standard InChI is InChI=1S/C19H22FN3O3S2/c20-15-5-2-1-4-14(15)12-16-18(25)23(19(27)28-16)13-17(24)21-6-3-7-22-8-10-26-11-9-22/h1-2,4-5,12H,3,6-11,13H2,(H,21,24)/b16-12-. The number of ether oxygens (including phenoxy) is 1. The molecule has 0 bridgehead atoms. The minimum Gasteiger partial charge on any atom is -0.379 e. The number of hydrogen-bond acceptors (Lipinski definition) is 6. The molecule has 2 amide bonds. The Morgan fingerprint density at radius 1 is 1.32 bits per heavy atom. The van der Waals surface area contributed by atoms with Gasteiger partial charge in [0.15, 0.2) is 0 Å². The third-order valence-electron chi connectivity index (χ3n) is 4.44. The van der Waals surface area contributed by atoms with Crippen molar-refractivity contribution >= 4 is 46.2 Å². The number of hydrogen-bond donors (Lipinski definition) is 1. The summed E-state index contributed by atoms with van der Waals surface area (Å²) in [6, 6.07) is 6.20. The number of nitrogens with zero attached hydrogens (tertiary/aromatic N) is 2. The SMILES string of the molecule is O=C(CN1C(=O)/C(=C/c2ccccc2F)SC1=S)NCCCN1CCOCC1. The Morgan fingerprint density at radius 2 is 2.07 bits per heavy atom. The first-order chi connectivity index (χ1) is 13.5. The molecule has 0 saturated carbocycles. The third kappa shape index (κ3) is 5.60. The summed E-state index contributed by atoms with van der Waals surface area (Å²) in [7, 11) is 0. The molecular formula is C19H22FN3O3S2. The van der Waals surface area contributed by atoms with Crippen molar-refractivity contribution in [2.24, 2.45) is 0 Å². The zero-order valence-electron chi connectivity index (χ0n) is 15.4. The first-order valence-electron chi connectivity index (χ1n) is 9.11.